The SMILES string of the molecule is C#CCC(Cc1ccc2nc(N)nc(N)c2c1)c1ccc(C(=O)N[C@@H](CCC(=O)NC(C)(C)C)C(=O)O)cc1. The third kappa shape index (κ3) is 8.17. The normalized spacial score (nSPS) is 12.8. The van der Waals surface area contributed by atoms with Crippen LogP contribution in [0.2, 0.25) is 0 Å². The zero-order valence-corrected chi connectivity index (χ0v) is 22.3. The summed E-state index contributed by atoms with van der Waals surface area (Å²) < 4.78 is 0. The second-order valence-corrected chi connectivity index (χ2v) is 10.5. The van der Waals surface area contributed by atoms with Gasteiger partial charge in [-0.25, -0.2) is 9.78 Å². The lowest BCUT2D eigenvalue weighted by Gasteiger charge is -2.21. The van der Waals surface area contributed by atoms with Gasteiger partial charge in [0.25, 0.3) is 5.91 Å². The highest BCUT2D eigenvalue weighted by molar-refractivity contribution is 5.96. The number of benzene rings is 2. The fourth-order valence-corrected chi connectivity index (χ4v) is 4.24. The number of aromatic nitrogens is 2. The Bertz CT molecular complexity index is 1410. The van der Waals surface area contributed by atoms with Crippen molar-refractivity contribution in [3.8, 4) is 12.3 Å². The van der Waals surface area contributed by atoms with Gasteiger partial charge in [-0.15, -0.1) is 12.3 Å². The first-order valence-corrected chi connectivity index (χ1v) is 12.6. The summed E-state index contributed by atoms with van der Waals surface area (Å²) in [6.45, 7) is 5.51. The van der Waals surface area contributed by atoms with E-state index in [1.807, 2.05) is 51.1 Å². The highest BCUT2D eigenvalue weighted by Gasteiger charge is 2.23. The van der Waals surface area contributed by atoms with Gasteiger partial charge in [-0.3, -0.25) is 9.59 Å². The van der Waals surface area contributed by atoms with Gasteiger partial charge in [-0.2, -0.15) is 4.98 Å². The fourth-order valence-electron chi connectivity index (χ4n) is 4.24. The Labute approximate surface area is 227 Å². The number of carbonyl (C=O) groups is 3. The molecule has 10 nitrogen and oxygen atoms in total. The highest BCUT2D eigenvalue weighted by atomic mass is 16.4. The molecule has 0 aliphatic carbocycles. The molecule has 204 valence electrons. The van der Waals surface area contributed by atoms with Crippen molar-refractivity contribution in [3.05, 3.63) is 59.2 Å². The Morgan fingerprint density at radius 2 is 1.77 bits per heavy atom. The van der Waals surface area contributed by atoms with Crippen LogP contribution in [0.25, 0.3) is 10.9 Å². The second kappa shape index (κ2) is 12.3. The molecule has 3 rings (SSSR count). The van der Waals surface area contributed by atoms with Gasteiger partial charge in [-0.05, 0) is 74.9 Å². The third-order valence-corrected chi connectivity index (χ3v) is 6.08. The van der Waals surface area contributed by atoms with Gasteiger partial charge in [0.2, 0.25) is 11.9 Å². The molecule has 2 amide bonds. The summed E-state index contributed by atoms with van der Waals surface area (Å²) in [4.78, 5) is 44.8. The lowest BCUT2D eigenvalue weighted by atomic mass is 9.88. The van der Waals surface area contributed by atoms with Crippen molar-refractivity contribution in [2.45, 2.75) is 64.0 Å². The number of nitrogens with one attached hydrogen (secondary N) is 2. The molecule has 0 aliphatic heterocycles. The molecule has 2 aromatic carbocycles. The van der Waals surface area contributed by atoms with E-state index in [-0.39, 0.29) is 30.6 Å². The molecule has 1 unspecified atom stereocenters. The van der Waals surface area contributed by atoms with E-state index < -0.39 is 23.5 Å². The van der Waals surface area contributed by atoms with Crippen molar-refractivity contribution in [3.63, 3.8) is 0 Å². The predicted octanol–water partition coefficient (Wildman–Crippen LogP) is 3.02. The maximum absolute atomic E-state index is 12.8. The van der Waals surface area contributed by atoms with Crippen LogP contribution in [0.15, 0.2) is 42.5 Å². The van der Waals surface area contributed by atoms with Crippen molar-refractivity contribution < 1.29 is 19.5 Å². The van der Waals surface area contributed by atoms with E-state index >= 15 is 0 Å². The maximum Gasteiger partial charge on any atom is 0.326 e. The molecule has 7 N–H and O–H groups in total. The van der Waals surface area contributed by atoms with Gasteiger partial charge in [0.05, 0.1) is 5.52 Å². The first-order chi connectivity index (χ1) is 18.4. The lowest BCUT2D eigenvalue weighted by molar-refractivity contribution is -0.139. The molecular weight excluding hydrogens is 496 g/mol. The van der Waals surface area contributed by atoms with E-state index in [0.29, 0.717) is 35.1 Å². The number of rotatable bonds is 10. The first-order valence-electron chi connectivity index (χ1n) is 12.6. The fraction of sp³-hybridized carbons (Fsp3) is 0.345. The van der Waals surface area contributed by atoms with E-state index in [1.165, 1.54) is 0 Å². The number of nitrogen functional groups attached to an aromatic ring is 2. The first kappa shape index (κ1) is 28.9. The summed E-state index contributed by atoms with van der Waals surface area (Å²) in [5.41, 5.74) is 14.2. The number of fused-ring (bicyclic) bond motifs is 1. The summed E-state index contributed by atoms with van der Waals surface area (Å²) in [7, 11) is 0. The number of carbonyl (C=O) groups excluding carboxylic acids is 2. The number of terminal acetylenes is 1. The van der Waals surface area contributed by atoms with Crippen LogP contribution in [0.3, 0.4) is 0 Å². The lowest BCUT2D eigenvalue weighted by Crippen LogP contribution is -2.44. The average Bonchev–Trinajstić information content (AvgIpc) is 2.85. The molecule has 0 saturated heterocycles. The molecule has 0 radical (unpaired) electrons. The monoisotopic (exact) mass is 530 g/mol. The molecule has 0 spiro atoms. The quantitative estimate of drug-likeness (QED) is 0.249. The molecule has 0 fully saturated rings. The zero-order valence-electron chi connectivity index (χ0n) is 22.3. The number of aliphatic carboxylic acids is 1. The van der Waals surface area contributed by atoms with Gasteiger partial charge < -0.3 is 27.2 Å². The minimum atomic E-state index is -1.21. The third-order valence-electron chi connectivity index (χ3n) is 6.08. The van der Waals surface area contributed by atoms with Crippen LogP contribution in [0.5, 0.6) is 0 Å². The van der Waals surface area contributed by atoms with E-state index in [0.717, 1.165) is 11.1 Å². The molecule has 3 aromatic rings. The minimum Gasteiger partial charge on any atom is -0.480 e. The van der Waals surface area contributed by atoms with Crippen molar-refractivity contribution >= 4 is 40.5 Å². The van der Waals surface area contributed by atoms with Crippen molar-refractivity contribution in [2.75, 3.05) is 11.5 Å². The molecule has 1 aromatic heterocycles. The Morgan fingerprint density at radius 1 is 1.08 bits per heavy atom. The number of hydrogen-bond donors (Lipinski definition) is 5. The average molecular weight is 531 g/mol. The standard InChI is InChI=1S/C29H34N6O4/c1-5-6-20(15-17-7-12-22-21(16-17)25(30)34-28(31)33-22)18-8-10-19(11-9-18)26(37)32-23(27(38)39)13-14-24(36)35-29(2,3)4/h1,7-12,16,20,23H,6,13-15H2,2-4H3,(H,32,37)(H,35,36)(H,38,39)(H4,30,31,33,34)/t20?,23-/m0/s1. The van der Waals surface area contributed by atoms with Crippen LogP contribution in [0.4, 0.5) is 11.8 Å². The highest BCUT2D eigenvalue weighted by Crippen LogP contribution is 2.27. The van der Waals surface area contributed by atoms with Gasteiger partial charge in [0.15, 0.2) is 0 Å². The Hall–Kier alpha value is -4.65. The summed E-state index contributed by atoms with van der Waals surface area (Å²) in [6.07, 6.45) is 6.67. The maximum atomic E-state index is 12.8. The predicted molar refractivity (Wildman–Crippen MR) is 151 cm³/mol. The summed E-state index contributed by atoms with van der Waals surface area (Å²) in [5.74, 6) is 1.07. The van der Waals surface area contributed by atoms with Crippen LogP contribution < -0.4 is 22.1 Å². The molecule has 0 bridgehead atoms. The molecule has 1 heterocycles. The largest absolute Gasteiger partial charge is 0.480 e. The van der Waals surface area contributed by atoms with E-state index in [4.69, 9.17) is 17.9 Å². The van der Waals surface area contributed by atoms with Crippen molar-refractivity contribution in [1.29, 1.82) is 0 Å². The molecule has 2 atom stereocenters. The molecule has 10 heteroatoms. The van der Waals surface area contributed by atoms with E-state index in [9.17, 15) is 19.5 Å². The molecule has 0 saturated carbocycles. The van der Waals surface area contributed by atoms with E-state index in [2.05, 4.69) is 26.5 Å². The van der Waals surface area contributed by atoms with E-state index in [1.54, 1.807) is 12.1 Å². The Morgan fingerprint density at radius 3 is 2.38 bits per heavy atom. The van der Waals surface area contributed by atoms with Crippen molar-refractivity contribution in [1.82, 2.24) is 20.6 Å². The minimum absolute atomic E-state index is 0.0266. The number of hydrogen-bond acceptors (Lipinski definition) is 7. The van der Waals surface area contributed by atoms with Crippen LogP contribution >= 0.6 is 0 Å². The summed E-state index contributed by atoms with van der Waals surface area (Å²) >= 11 is 0. The van der Waals surface area contributed by atoms with Gasteiger partial charge >= 0.3 is 5.97 Å². The van der Waals surface area contributed by atoms with Crippen LogP contribution in [-0.4, -0.2) is 44.4 Å². The number of carboxylic acids is 1. The van der Waals surface area contributed by atoms with Crippen molar-refractivity contribution in [2.24, 2.45) is 0 Å². The number of anilines is 2. The molecular formula is C29H34N6O4. The van der Waals surface area contributed by atoms with Gasteiger partial charge in [-0.1, -0.05) is 18.2 Å². The number of nitrogens with two attached hydrogens (primary N) is 2. The Balaban J connectivity index is 1.69. The Kier molecular flexibility index (Phi) is 9.09. The summed E-state index contributed by atoms with van der Waals surface area (Å²) in [5, 5.41) is 15.5. The molecule has 0 aliphatic rings. The van der Waals surface area contributed by atoms with Crippen LogP contribution in [-0.2, 0) is 16.0 Å². The van der Waals surface area contributed by atoms with Crippen LogP contribution in [0.1, 0.15) is 67.4 Å². The van der Waals surface area contributed by atoms with Gasteiger partial charge in [0.1, 0.15) is 11.9 Å². The second-order valence-electron chi connectivity index (χ2n) is 10.5. The van der Waals surface area contributed by atoms with Crippen LogP contribution in [0, 0.1) is 12.3 Å². The number of carboxylic acid groups (broad SMARTS) is 1. The topological polar surface area (TPSA) is 173 Å². The number of nitrogens with zero attached hydrogens (tertiary/aromatic N) is 2. The smallest absolute Gasteiger partial charge is 0.326 e. The van der Waals surface area contributed by atoms with Gasteiger partial charge in [0, 0.05) is 29.3 Å². The zero-order chi connectivity index (χ0) is 28.7. The summed E-state index contributed by atoms with van der Waals surface area (Å²) in [6, 6.07) is 11.4. The number of amides is 2. The molecule has 39 heavy (non-hydrogen) atoms.